The van der Waals surface area contributed by atoms with E-state index in [0.717, 1.165) is 35.3 Å². The maximum atomic E-state index is 4.48. The summed E-state index contributed by atoms with van der Waals surface area (Å²) in [5.74, 6) is 2.53. The van der Waals surface area contributed by atoms with E-state index in [1.807, 2.05) is 38.7 Å². The second-order valence-corrected chi connectivity index (χ2v) is 4.89. The van der Waals surface area contributed by atoms with Crippen LogP contribution in [0.1, 0.15) is 29.6 Å². The Bertz CT molecular complexity index is 602. The van der Waals surface area contributed by atoms with Gasteiger partial charge in [0.15, 0.2) is 0 Å². The van der Waals surface area contributed by atoms with Gasteiger partial charge in [-0.2, -0.15) is 5.10 Å². The quantitative estimate of drug-likeness (QED) is 0.874. The number of hydrogen-bond donors (Lipinski definition) is 2. The normalized spacial score (nSPS) is 10.7. The van der Waals surface area contributed by atoms with Crippen molar-refractivity contribution in [1.29, 1.82) is 0 Å². The molecule has 2 rings (SSSR count). The highest BCUT2D eigenvalue weighted by Gasteiger charge is 2.09. The maximum absolute atomic E-state index is 4.48. The summed E-state index contributed by atoms with van der Waals surface area (Å²) in [4.78, 5) is 8.90. The van der Waals surface area contributed by atoms with Gasteiger partial charge >= 0.3 is 0 Å². The van der Waals surface area contributed by atoms with Crippen LogP contribution in [0, 0.1) is 20.8 Å². The standard InChI is InChI=1S/C14H22N6/c1-6-15-13-9(2)14(18-11(4)17-13)16-7-12-8-20(5)19-10(12)3/h8H,6-7H2,1-5H3,(H2,15,16,17,18). The molecular formula is C14H22N6. The van der Waals surface area contributed by atoms with E-state index in [1.54, 1.807) is 0 Å². The van der Waals surface area contributed by atoms with Gasteiger partial charge in [0.1, 0.15) is 17.5 Å². The third kappa shape index (κ3) is 3.07. The molecule has 0 saturated heterocycles. The van der Waals surface area contributed by atoms with Crippen LogP contribution in [0.5, 0.6) is 0 Å². The number of nitrogens with zero attached hydrogens (tertiary/aromatic N) is 4. The Labute approximate surface area is 119 Å². The van der Waals surface area contributed by atoms with Gasteiger partial charge in [-0.15, -0.1) is 0 Å². The first-order valence-electron chi connectivity index (χ1n) is 6.83. The van der Waals surface area contributed by atoms with Gasteiger partial charge in [0.25, 0.3) is 0 Å². The highest BCUT2D eigenvalue weighted by atomic mass is 15.3. The van der Waals surface area contributed by atoms with Gasteiger partial charge in [0, 0.05) is 37.5 Å². The van der Waals surface area contributed by atoms with Crippen molar-refractivity contribution < 1.29 is 0 Å². The van der Waals surface area contributed by atoms with Gasteiger partial charge in [-0.05, 0) is 27.7 Å². The van der Waals surface area contributed by atoms with Crippen molar-refractivity contribution in [2.24, 2.45) is 7.05 Å². The number of rotatable bonds is 5. The fraction of sp³-hybridized carbons (Fsp3) is 0.500. The molecule has 0 atom stereocenters. The van der Waals surface area contributed by atoms with Crippen LogP contribution in [0.2, 0.25) is 0 Å². The Hall–Kier alpha value is -2.11. The molecule has 0 aliphatic heterocycles. The predicted molar refractivity (Wildman–Crippen MR) is 80.9 cm³/mol. The number of aryl methyl sites for hydroxylation is 3. The van der Waals surface area contributed by atoms with Crippen LogP contribution < -0.4 is 10.6 Å². The Morgan fingerprint density at radius 2 is 1.75 bits per heavy atom. The third-order valence-electron chi connectivity index (χ3n) is 3.16. The van der Waals surface area contributed by atoms with Crippen molar-refractivity contribution in [2.45, 2.75) is 34.2 Å². The molecule has 0 aromatic carbocycles. The van der Waals surface area contributed by atoms with Crippen LogP contribution in [0.25, 0.3) is 0 Å². The molecule has 0 saturated carbocycles. The van der Waals surface area contributed by atoms with Crippen LogP contribution >= 0.6 is 0 Å². The molecule has 6 heteroatoms. The number of hydrogen-bond acceptors (Lipinski definition) is 5. The minimum absolute atomic E-state index is 0.711. The minimum atomic E-state index is 0.711. The molecule has 6 nitrogen and oxygen atoms in total. The lowest BCUT2D eigenvalue weighted by Crippen LogP contribution is -2.10. The zero-order chi connectivity index (χ0) is 14.7. The van der Waals surface area contributed by atoms with E-state index in [1.165, 1.54) is 5.56 Å². The first kappa shape index (κ1) is 14.3. The molecule has 0 unspecified atom stereocenters. The molecule has 0 radical (unpaired) electrons. The smallest absolute Gasteiger partial charge is 0.135 e. The summed E-state index contributed by atoms with van der Waals surface area (Å²) in [6.45, 7) is 9.56. The lowest BCUT2D eigenvalue weighted by Gasteiger charge is -2.13. The fourth-order valence-corrected chi connectivity index (χ4v) is 2.14. The molecule has 0 amide bonds. The van der Waals surface area contributed by atoms with E-state index in [9.17, 15) is 0 Å². The van der Waals surface area contributed by atoms with E-state index in [4.69, 9.17) is 0 Å². The summed E-state index contributed by atoms with van der Waals surface area (Å²) in [7, 11) is 1.93. The Morgan fingerprint density at radius 3 is 2.30 bits per heavy atom. The minimum Gasteiger partial charge on any atom is -0.370 e. The summed E-state index contributed by atoms with van der Waals surface area (Å²) in [6, 6.07) is 0. The van der Waals surface area contributed by atoms with Crippen LogP contribution in [-0.2, 0) is 13.6 Å². The van der Waals surface area contributed by atoms with E-state index >= 15 is 0 Å². The number of anilines is 2. The molecule has 20 heavy (non-hydrogen) atoms. The fourth-order valence-electron chi connectivity index (χ4n) is 2.14. The third-order valence-corrected chi connectivity index (χ3v) is 3.16. The van der Waals surface area contributed by atoms with Gasteiger partial charge in [0.05, 0.1) is 5.69 Å². The first-order chi connectivity index (χ1) is 9.51. The second-order valence-electron chi connectivity index (χ2n) is 4.89. The second kappa shape index (κ2) is 5.90. The molecule has 0 aliphatic carbocycles. The van der Waals surface area contributed by atoms with Gasteiger partial charge in [0.2, 0.25) is 0 Å². The Kier molecular flexibility index (Phi) is 4.22. The van der Waals surface area contributed by atoms with Crippen molar-refractivity contribution in [1.82, 2.24) is 19.7 Å². The van der Waals surface area contributed by atoms with Crippen molar-refractivity contribution >= 4 is 11.6 Å². The van der Waals surface area contributed by atoms with Crippen LogP contribution in [0.4, 0.5) is 11.6 Å². The highest BCUT2D eigenvalue weighted by Crippen LogP contribution is 2.20. The van der Waals surface area contributed by atoms with Gasteiger partial charge in [-0.25, -0.2) is 9.97 Å². The number of aromatic nitrogens is 4. The highest BCUT2D eigenvalue weighted by molar-refractivity contribution is 5.57. The van der Waals surface area contributed by atoms with Crippen LogP contribution in [-0.4, -0.2) is 26.3 Å². The van der Waals surface area contributed by atoms with Gasteiger partial charge in [-0.3, -0.25) is 4.68 Å². The number of nitrogens with one attached hydrogen (secondary N) is 2. The van der Waals surface area contributed by atoms with Crippen LogP contribution in [0.15, 0.2) is 6.20 Å². The molecule has 2 aromatic rings. The summed E-state index contributed by atoms with van der Waals surface area (Å²) in [5.41, 5.74) is 3.25. The molecular weight excluding hydrogens is 252 g/mol. The predicted octanol–water partition coefficient (Wildman–Crippen LogP) is 2.18. The summed E-state index contributed by atoms with van der Waals surface area (Å²) < 4.78 is 1.83. The van der Waals surface area contributed by atoms with E-state index in [2.05, 4.69) is 32.6 Å². The average Bonchev–Trinajstić information content (AvgIpc) is 2.70. The van der Waals surface area contributed by atoms with Crippen molar-refractivity contribution in [3.05, 3.63) is 28.8 Å². The zero-order valence-corrected chi connectivity index (χ0v) is 12.8. The Balaban J connectivity index is 2.18. The first-order valence-corrected chi connectivity index (χ1v) is 6.83. The Morgan fingerprint density at radius 1 is 1.10 bits per heavy atom. The van der Waals surface area contributed by atoms with Crippen molar-refractivity contribution in [3.63, 3.8) is 0 Å². The topological polar surface area (TPSA) is 67.7 Å². The zero-order valence-electron chi connectivity index (χ0n) is 12.8. The van der Waals surface area contributed by atoms with Gasteiger partial charge in [-0.1, -0.05) is 0 Å². The van der Waals surface area contributed by atoms with Crippen LogP contribution in [0.3, 0.4) is 0 Å². The molecule has 108 valence electrons. The molecule has 2 heterocycles. The molecule has 0 aliphatic rings. The van der Waals surface area contributed by atoms with Crippen molar-refractivity contribution in [2.75, 3.05) is 17.2 Å². The van der Waals surface area contributed by atoms with E-state index < -0.39 is 0 Å². The van der Waals surface area contributed by atoms with E-state index in [0.29, 0.717) is 6.54 Å². The molecule has 0 spiro atoms. The summed E-state index contributed by atoms with van der Waals surface area (Å²) >= 11 is 0. The monoisotopic (exact) mass is 274 g/mol. The molecule has 2 N–H and O–H groups in total. The lowest BCUT2D eigenvalue weighted by atomic mass is 10.2. The van der Waals surface area contributed by atoms with Crippen molar-refractivity contribution in [3.8, 4) is 0 Å². The summed E-state index contributed by atoms with van der Waals surface area (Å²) in [5, 5.41) is 11.0. The molecule has 0 bridgehead atoms. The molecule has 0 fully saturated rings. The average molecular weight is 274 g/mol. The molecule has 2 aromatic heterocycles. The summed E-state index contributed by atoms with van der Waals surface area (Å²) in [6.07, 6.45) is 2.02. The maximum Gasteiger partial charge on any atom is 0.135 e. The van der Waals surface area contributed by atoms with E-state index in [-0.39, 0.29) is 0 Å². The van der Waals surface area contributed by atoms with Gasteiger partial charge < -0.3 is 10.6 Å². The SMILES string of the molecule is CCNc1nc(C)nc(NCc2cn(C)nc2C)c1C. The largest absolute Gasteiger partial charge is 0.370 e. The lowest BCUT2D eigenvalue weighted by molar-refractivity contribution is 0.756.